The summed E-state index contributed by atoms with van der Waals surface area (Å²) in [6.45, 7) is 4.55. The van der Waals surface area contributed by atoms with Crippen LogP contribution in [0.5, 0.6) is 0 Å². The smallest absolute Gasteiger partial charge is 0.268 e. The highest BCUT2D eigenvalue weighted by atomic mass is 31.2. The molecule has 0 aromatic carbocycles. The molecule has 0 aliphatic carbocycles. The van der Waals surface area contributed by atoms with Gasteiger partial charge in [0, 0.05) is 6.42 Å². The maximum atomic E-state index is 13.0. The van der Waals surface area contributed by atoms with E-state index < -0.39 is 20.0 Å². The molecular weight excluding hydrogens is 1020 g/mol. The minimum atomic E-state index is -4.61. The molecule has 9 heteroatoms. The molecular formula is C72H129N2O6P. The molecule has 0 heterocycles. The lowest BCUT2D eigenvalue weighted by atomic mass is 10.0. The molecule has 0 aliphatic heterocycles. The number of aliphatic hydroxyl groups excluding tert-OH is 1. The third kappa shape index (κ3) is 64.6. The number of allylic oxidation sites excluding steroid dienone is 17. The standard InChI is InChI=1S/C72H129N2O6P/c1-6-8-10-12-14-16-18-20-22-24-26-28-30-31-32-33-34-35-36-37-38-39-40-41-42-43-44-46-48-50-52-54-56-58-60-62-64-66-72(76)73-70(69-80-81(77,78)79-68-67-74(3,4)5)71(75)65-63-61-59-57-55-53-51-49-47-45-29-27-25-23-21-19-17-15-13-11-9-7-2/h8,10,14,16,20,22,26,28,31-32,34-35,37-38,40-41,63,65,70-71,75H,6-7,9,11-13,15,17-19,21,23-25,27,29-30,33,36,39,42-62,64,66-69H2,1-5H3,(H-,73,76,77,78)/b10-8-,16-14-,22-20-,28-26-,32-31-,35-34-,38-37-,41-40-,65-63+. The van der Waals surface area contributed by atoms with Crippen molar-refractivity contribution in [2.75, 3.05) is 40.9 Å². The monoisotopic (exact) mass is 1150 g/mol. The zero-order valence-electron chi connectivity index (χ0n) is 53.5. The molecule has 0 fully saturated rings. The van der Waals surface area contributed by atoms with E-state index in [4.69, 9.17) is 9.05 Å². The summed E-state index contributed by atoms with van der Waals surface area (Å²) in [4.78, 5) is 25.6. The van der Waals surface area contributed by atoms with Gasteiger partial charge in [0.2, 0.25) is 5.91 Å². The van der Waals surface area contributed by atoms with Gasteiger partial charge in [-0.05, 0) is 83.5 Å². The van der Waals surface area contributed by atoms with Gasteiger partial charge >= 0.3 is 0 Å². The molecule has 2 N–H and O–H groups in total. The van der Waals surface area contributed by atoms with E-state index in [1.165, 1.54) is 180 Å². The summed E-state index contributed by atoms with van der Waals surface area (Å²) in [5.41, 5.74) is 0. The Bertz CT molecular complexity index is 1690. The number of nitrogens with zero attached hydrogens (tertiary/aromatic N) is 1. The summed E-state index contributed by atoms with van der Waals surface area (Å²) in [7, 11) is 1.26. The highest BCUT2D eigenvalue weighted by molar-refractivity contribution is 7.45. The van der Waals surface area contributed by atoms with Gasteiger partial charge in [-0.2, -0.15) is 0 Å². The average Bonchev–Trinajstić information content (AvgIpc) is 3.43. The van der Waals surface area contributed by atoms with Crippen molar-refractivity contribution in [1.29, 1.82) is 0 Å². The maximum absolute atomic E-state index is 13.0. The molecule has 0 aromatic rings. The summed E-state index contributed by atoms with van der Waals surface area (Å²) < 4.78 is 23.4. The van der Waals surface area contributed by atoms with Crippen LogP contribution in [0.3, 0.4) is 0 Å². The number of carbonyl (C=O) groups excluding carboxylic acids is 1. The van der Waals surface area contributed by atoms with E-state index >= 15 is 0 Å². The number of aliphatic hydroxyl groups is 1. The van der Waals surface area contributed by atoms with Gasteiger partial charge in [-0.1, -0.05) is 309 Å². The van der Waals surface area contributed by atoms with E-state index in [1.54, 1.807) is 6.08 Å². The molecule has 0 spiro atoms. The molecule has 0 bridgehead atoms. The third-order valence-corrected chi connectivity index (χ3v) is 15.7. The predicted octanol–water partition coefficient (Wildman–Crippen LogP) is 20.9. The van der Waals surface area contributed by atoms with Gasteiger partial charge in [0.1, 0.15) is 13.2 Å². The van der Waals surface area contributed by atoms with E-state index in [0.29, 0.717) is 17.4 Å². The van der Waals surface area contributed by atoms with Crippen molar-refractivity contribution in [3.8, 4) is 0 Å². The van der Waals surface area contributed by atoms with E-state index in [0.717, 1.165) is 89.9 Å². The normalized spacial score (nSPS) is 14.4. The largest absolute Gasteiger partial charge is 0.756 e. The fourth-order valence-electron chi connectivity index (χ4n) is 9.52. The van der Waals surface area contributed by atoms with Crippen molar-refractivity contribution in [3.05, 3.63) is 109 Å². The van der Waals surface area contributed by atoms with E-state index in [2.05, 4.69) is 116 Å². The molecule has 0 saturated carbocycles. The van der Waals surface area contributed by atoms with Crippen molar-refractivity contribution in [2.45, 2.75) is 302 Å². The SMILES string of the molecule is CC/C=C\C/C=C\C/C=C\C/C=C\C/C=C\C/C=C\C/C=C\C/C=C\CCCCCCCCCCCCCCC(=O)NC(COP(=O)([O-])OCC[N+](C)(C)C)C(O)/C=C/CCCCCCCCCCCCCCCCCCCCCC. The molecule has 81 heavy (non-hydrogen) atoms. The fraction of sp³-hybridized carbons (Fsp3) is 0.736. The number of phosphoric acid groups is 1. The number of hydrogen-bond acceptors (Lipinski definition) is 6. The van der Waals surface area contributed by atoms with E-state index in [9.17, 15) is 19.4 Å². The molecule has 0 saturated heterocycles. The van der Waals surface area contributed by atoms with Crippen LogP contribution < -0.4 is 10.2 Å². The van der Waals surface area contributed by atoms with Crippen LogP contribution in [0.2, 0.25) is 0 Å². The Hall–Kier alpha value is -2.84. The van der Waals surface area contributed by atoms with Gasteiger partial charge in [-0.15, -0.1) is 0 Å². The molecule has 0 aliphatic rings. The zero-order chi connectivity index (χ0) is 59.1. The van der Waals surface area contributed by atoms with Crippen LogP contribution in [-0.4, -0.2) is 68.5 Å². The fourth-order valence-corrected chi connectivity index (χ4v) is 10.2. The highest BCUT2D eigenvalue weighted by Gasteiger charge is 2.23. The second-order valence-corrected chi connectivity index (χ2v) is 25.2. The van der Waals surface area contributed by atoms with Crippen molar-refractivity contribution < 1.29 is 32.9 Å². The van der Waals surface area contributed by atoms with Gasteiger partial charge < -0.3 is 28.8 Å². The van der Waals surface area contributed by atoms with Gasteiger partial charge in [-0.25, -0.2) is 0 Å². The van der Waals surface area contributed by atoms with Crippen LogP contribution in [0, 0.1) is 0 Å². The second-order valence-electron chi connectivity index (χ2n) is 23.8. The number of hydrogen-bond donors (Lipinski definition) is 2. The van der Waals surface area contributed by atoms with Crippen molar-refractivity contribution in [2.24, 2.45) is 0 Å². The van der Waals surface area contributed by atoms with Gasteiger partial charge in [0.15, 0.2) is 0 Å². The number of phosphoric ester groups is 1. The quantitative estimate of drug-likeness (QED) is 0.0272. The highest BCUT2D eigenvalue weighted by Crippen LogP contribution is 2.38. The summed E-state index contributed by atoms with van der Waals surface area (Å²) in [6, 6.07) is -0.895. The molecule has 468 valence electrons. The lowest BCUT2D eigenvalue weighted by Crippen LogP contribution is -2.45. The number of amides is 1. The summed E-state index contributed by atoms with van der Waals surface area (Å²) >= 11 is 0. The van der Waals surface area contributed by atoms with E-state index in [1.807, 2.05) is 27.2 Å². The molecule has 3 unspecified atom stereocenters. The number of quaternary nitrogens is 1. The van der Waals surface area contributed by atoms with Gasteiger partial charge in [0.05, 0.1) is 39.9 Å². The average molecular weight is 1150 g/mol. The van der Waals surface area contributed by atoms with Crippen LogP contribution in [0.25, 0.3) is 0 Å². The lowest BCUT2D eigenvalue weighted by molar-refractivity contribution is -0.870. The Labute approximate surface area is 501 Å². The minimum absolute atomic E-state index is 0.00491. The Morgan fingerprint density at radius 1 is 0.444 bits per heavy atom. The van der Waals surface area contributed by atoms with Gasteiger partial charge in [0.25, 0.3) is 7.82 Å². The first-order chi connectivity index (χ1) is 39.5. The summed E-state index contributed by atoms with van der Waals surface area (Å²) in [5.74, 6) is -0.201. The number of carbonyl (C=O) groups is 1. The maximum Gasteiger partial charge on any atom is 0.268 e. The lowest BCUT2D eigenvalue weighted by Gasteiger charge is -2.29. The first-order valence-electron chi connectivity index (χ1n) is 33.7. The van der Waals surface area contributed by atoms with Crippen molar-refractivity contribution in [3.63, 3.8) is 0 Å². The van der Waals surface area contributed by atoms with Crippen LogP contribution in [0.1, 0.15) is 290 Å². The Morgan fingerprint density at radius 2 is 0.753 bits per heavy atom. The number of nitrogens with one attached hydrogen (secondary N) is 1. The van der Waals surface area contributed by atoms with Crippen LogP contribution >= 0.6 is 7.82 Å². The van der Waals surface area contributed by atoms with Crippen molar-refractivity contribution in [1.82, 2.24) is 5.32 Å². The number of unbranched alkanes of at least 4 members (excludes halogenated alkanes) is 32. The Kier molecular flexibility index (Phi) is 59.5. The first-order valence-corrected chi connectivity index (χ1v) is 35.2. The Balaban J connectivity index is 4.11. The number of rotatable bonds is 61. The molecule has 0 radical (unpaired) electrons. The molecule has 0 aromatic heterocycles. The second kappa shape index (κ2) is 61.7. The Morgan fingerprint density at radius 3 is 1.10 bits per heavy atom. The molecule has 3 atom stereocenters. The van der Waals surface area contributed by atoms with E-state index in [-0.39, 0.29) is 19.1 Å². The van der Waals surface area contributed by atoms with Gasteiger partial charge in [-0.3, -0.25) is 9.36 Å². The van der Waals surface area contributed by atoms with Crippen molar-refractivity contribution >= 4 is 13.7 Å². The first kappa shape index (κ1) is 78.2. The third-order valence-electron chi connectivity index (χ3n) is 14.7. The van der Waals surface area contributed by atoms with Crippen LogP contribution in [0.15, 0.2) is 109 Å². The topological polar surface area (TPSA) is 108 Å². The molecule has 1 amide bonds. The zero-order valence-corrected chi connectivity index (χ0v) is 54.4. The molecule has 0 rings (SSSR count). The predicted molar refractivity (Wildman–Crippen MR) is 352 cm³/mol. The number of likely N-dealkylation sites (N-methyl/N-ethyl adjacent to an activating group) is 1. The van der Waals surface area contributed by atoms with Crippen LogP contribution in [0.4, 0.5) is 0 Å². The summed E-state index contributed by atoms with van der Waals surface area (Å²) in [5, 5.41) is 13.9. The van der Waals surface area contributed by atoms with Crippen LogP contribution in [-0.2, 0) is 18.4 Å². The minimum Gasteiger partial charge on any atom is -0.756 e. The summed E-state index contributed by atoms with van der Waals surface area (Å²) in [6.07, 6.45) is 90.4. The molecule has 8 nitrogen and oxygen atoms in total.